The smallest absolute Gasteiger partial charge is 0.292 e. The first-order valence-electron chi connectivity index (χ1n) is 8.09. The van der Waals surface area contributed by atoms with Gasteiger partial charge in [0.15, 0.2) is 0 Å². The first-order chi connectivity index (χ1) is 12.9. The van der Waals surface area contributed by atoms with Crippen LogP contribution in [-0.4, -0.2) is 35.1 Å². The van der Waals surface area contributed by atoms with Crippen LogP contribution in [0.25, 0.3) is 0 Å². The highest BCUT2D eigenvalue weighted by Gasteiger charge is 2.20. The standard InChI is InChI=1S/C17H15Cl2N3O5/c18-11-1-2-15(22(24)25)14(8-11)21-16(23)10-7-13(19)17(20-9-10)27-12-3-5-26-6-4-12/h1-2,7-9,12H,3-6H2,(H,21,23). The van der Waals surface area contributed by atoms with Gasteiger partial charge in [-0.25, -0.2) is 4.98 Å². The van der Waals surface area contributed by atoms with Gasteiger partial charge in [0.05, 0.1) is 23.7 Å². The van der Waals surface area contributed by atoms with Gasteiger partial charge in [-0.05, 0) is 18.2 Å². The molecule has 10 heteroatoms. The van der Waals surface area contributed by atoms with Crippen LogP contribution in [-0.2, 0) is 4.74 Å². The summed E-state index contributed by atoms with van der Waals surface area (Å²) in [5.41, 5.74) is -0.156. The second-order valence-corrected chi connectivity index (χ2v) is 6.66. The number of nitrogens with one attached hydrogen (secondary N) is 1. The lowest BCUT2D eigenvalue weighted by atomic mass is 10.1. The number of pyridine rings is 1. The van der Waals surface area contributed by atoms with Crippen LogP contribution >= 0.6 is 23.2 Å². The molecule has 0 atom stereocenters. The fraction of sp³-hybridized carbons (Fsp3) is 0.294. The van der Waals surface area contributed by atoms with E-state index in [1.807, 2.05) is 0 Å². The Morgan fingerprint density at radius 2 is 2.04 bits per heavy atom. The third-order valence-corrected chi connectivity index (χ3v) is 4.43. The summed E-state index contributed by atoms with van der Waals surface area (Å²) in [6.07, 6.45) is 2.72. The van der Waals surface area contributed by atoms with Crippen molar-refractivity contribution in [1.82, 2.24) is 4.98 Å². The molecule has 0 unspecified atom stereocenters. The lowest BCUT2D eigenvalue weighted by Gasteiger charge is -2.23. The molecule has 1 saturated heterocycles. The SMILES string of the molecule is O=C(Nc1cc(Cl)ccc1[N+](=O)[O-])c1cnc(OC2CCOCC2)c(Cl)c1. The number of amides is 1. The molecule has 1 aromatic heterocycles. The Balaban J connectivity index is 1.75. The molecule has 3 rings (SSSR count). The molecule has 0 saturated carbocycles. The van der Waals surface area contributed by atoms with Gasteiger partial charge in [-0.2, -0.15) is 0 Å². The number of carbonyl (C=O) groups excluding carboxylic acids is 1. The fourth-order valence-corrected chi connectivity index (χ4v) is 2.93. The monoisotopic (exact) mass is 411 g/mol. The van der Waals surface area contributed by atoms with Crippen molar-refractivity contribution in [1.29, 1.82) is 0 Å². The van der Waals surface area contributed by atoms with Crippen molar-refractivity contribution in [3.63, 3.8) is 0 Å². The maximum absolute atomic E-state index is 12.4. The second kappa shape index (κ2) is 8.51. The lowest BCUT2D eigenvalue weighted by Crippen LogP contribution is -2.26. The quantitative estimate of drug-likeness (QED) is 0.586. The number of carbonyl (C=O) groups is 1. The van der Waals surface area contributed by atoms with E-state index >= 15 is 0 Å². The van der Waals surface area contributed by atoms with Crippen LogP contribution in [0.3, 0.4) is 0 Å². The van der Waals surface area contributed by atoms with Crippen LogP contribution in [0, 0.1) is 10.1 Å². The number of rotatable bonds is 5. The topological polar surface area (TPSA) is 104 Å². The molecule has 1 aliphatic heterocycles. The highest BCUT2D eigenvalue weighted by Crippen LogP contribution is 2.29. The minimum absolute atomic E-state index is 0.0174. The fourth-order valence-electron chi connectivity index (χ4n) is 2.55. The molecule has 0 bridgehead atoms. The van der Waals surface area contributed by atoms with E-state index < -0.39 is 10.8 Å². The van der Waals surface area contributed by atoms with Gasteiger partial charge in [-0.3, -0.25) is 14.9 Å². The Hall–Kier alpha value is -2.42. The Morgan fingerprint density at radius 3 is 2.70 bits per heavy atom. The van der Waals surface area contributed by atoms with E-state index in [1.54, 1.807) is 0 Å². The largest absolute Gasteiger partial charge is 0.473 e. The third kappa shape index (κ3) is 4.85. The molecule has 1 fully saturated rings. The van der Waals surface area contributed by atoms with Crippen molar-refractivity contribution in [3.05, 3.63) is 56.2 Å². The van der Waals surface area contributed by atoms with Gasteiger partial charge >= 0.3 is 0 Å². The van der Waals surface area contributed by atoms with Gasteiger partial charge in [-0.1, -0.05) is 23.2 Å². The Bertz CT molecular complexity index is 872. The van der Waals surface area contributed by atoms with E-state index in [1.165, 1.54) is 30.5 Å². The third-order valence-electron chi connectivity index (χ3n) is 3.92. The highest BCUT2D eigenvalue weighted by atomic mass is 35.5. The predicted molar refractivity (Wildman–Crippen MR) is 99.8 cm³/mol. The molecule has 1 N–H and O–H groups in total. The van der Waals surface area contributed by atoms with Crippen molar-refractivity contribution in [2.75, 3.05) is 18.5 Å². The van der Waals surface area contributed by atoms with E-state index in [-0.39, 0.29) is 39.0 Å². The molecule has 142 valence electrons. The van der Waals surface area contributed by atoms with Gasteiger partial charge < -0.3 is 14.8 Å². The van der Waals surface area contributed by atoms with Crippen LogP contribution in [0.1, 0.15) is 23.2 Å². The first kappa shape index (κ1) is 19.3. The van der Waals surface area contributed by atoms with Gasteiger partial charge in [-0.15, -0.1) is 0 Å². The van der Waals surface area contributed by atoms with Gasteiger partial charge in [0.2, 0.25) is 5.88 Å². The average Bonchev–Trinajstić information content (AvgIpc) is 2.64. The van der Waals surface area contributed by atoms with Crippen LogP contribution in [0.5, 0.6) is 5.88 Å². The Kier molecular flexibility index (Phi) is 6.10. The molecule has 0 aliphatic carbocycles. The van der Waals surface area contributed by atoms with E-state index in [4.69, 9.17) is 32.7 Å². The number of hydrogen-bond donors (Lipinski definition) is 1. The molecular weight excluding hydrogens is 397 g/mol. The summed E-state index contributed by atoms with van der Waals surface area (Å²) >= 11 is 12.0. The second-order valence-electron chi connectivity index (χ2n) is 5.81. The van der Waals surface area contributed by atoms with Crippen LogP contribution in [0.15, 0.2) is 30.5 Å². The molecule has 2 heterocycles. The summed E-state index contributed by atoms with van der Waals surface area (Å²) in [7, 11) is 0. The van der Waals surface area contributed by atoms with E-state index in [2.05, 4.69) is 10.3 Å². The Labute approximate surface area is 164 Å². The number of nitro benzene ring substituents is 1. The molecule has 1 amide bonds. The zero-order valence-corrected chi connectivity index (χ0v) is 15.5. The predicted octanol–water partition coefficient (Wildman–Crippen LogP) is 4.11. The number of nitrogens with zero attached hydrogens (tertiary/aromatic N) is 2. The molecule has 2 aromatic rings. The molecule has 0 radical (unpaired) electrons. The molecular formula is C17H15Cl2N3O5. The molecule has 1 aliphatic rings. The number of aromatic nitrogens is 1. The molecule has 27 heavy (non-hydrogen) atoms. The van der Waals surface area contributed by atoms with Crippen molar-refractivity contribution in [2.45, 2.75) is 18.9 Å². The van der Waals surface area contributed by atoms with Gasteiger partial charge in [0.1, 0.15) is 16.8 Å². The summed E-state index contributed by atoms with van der Waals surface area (Å²) in [5, 5.41) is 14.0. The van der Waals surface area contributed by atoms with Crippen LogP contribution in [0.4, 0.5) is 11.4 Å². The van der Waals surface area contributed by atoms with Crippen molar-refractivity contribution in [2.24, 2.45) is 0 Å². The normalized spacial score (nSPS) is 14.6. The zero-order valence-electron chi connectivity index (χ0n) is 14.0. The average molecular weight is 412 g/mol. The number of halogens is 2. The number of hydrogen-bond acceptors (Lipinski definition) is 6. The minimum Gasteiger partial charge on any atom is -0.473 e. The number of anilines is 1. The summed E-state index contributed by atoms with van der Waals surface area (Å²) < 4.78 is 11.0. The molecule has 0 spiro atoms. The minimum atomic E-state index is -0.609. The number of benzene rings is 1. The zero-order chi connectivity index (χ0) is 19.4. The Morgan fingerprint density at radius 1 is 1.30 bits per heavy atom. The first-order valence-corrected chi connectivity index (χ1v) is 8.85. The number of ether oxygens (including phenoxy) is 2. The lowest BCUT2D eigenvalue weighted by molar-refractivity contribution is -0.383. The van der Waals surface area contributed by atoms with Gasteiger partial charge in [0.25, 0.3) is 11.6 Å². The highest BCUT2D eigenvalue weighted by molar-refractivity contribution is 6.32. The van der Waals surface area contributed by atoms with E-state index in [0.29, 0.717) is 13.2 Å². The van der Waals surface area contributed by atoms with E-state index in [0.717, 1.165) is 12.8 Å². The van der Waals surface area contributed by atoms with Crippen LogP contribution in [0.2, 0.25) is 10.0 Å². The van der Waals surface area contributed by atoms with Gasteiger partial charge in [0, 0.05) is 30.1 Å². The summed E-state index contributed by atoms with van der Waals surface area (Å²) in [6.45, 7) is 1.22. The van der Waals surface area contributed by atoms with E-state index in [9.17, 15) is 14.9 Å². The van der Waals surface area contributed by atoms with Crippen molar-refractivity contribution >= 4 is 40.5 Å². The van der Waals surface area contributed by atoms with Crippen molar-refractivity contribution in [3.8, 4) is 5.88 Å². The molecule has 1 aromatic carbocycles. The number of nitro groups is 1. The summed E-state index contributed by atoms with van der Waals surface area (Å²) in [4.78, 5) is 27.0. The van der Waals surface area contributed by atoms with Crippen molar-refractivity contribution < 1.29 is 19.2 Å². The summed E-state index contributed by atoms with van der Waals surface area (Å²) in [6, 6.07) is 5.29. The van der Waals surface area contributed by atoms with Crippen LogP contribution < -0.4 is 10.1 Å². The summed E-state index contributed by atoms with van der Waals surface area (Å²) in [5.74, 6) is -0.374. The molecule has 8 nitrogen and oxygen atoms in total. The maximum atomic E-state index is 12.4. The maximum Gasteiger partial charge on any atom is 0.292 e.